The van der Waals surface area contributed by atoms with Crippen molar-refractivity contribution in [3.63, 3.8) is 0 Å². The van der Waals surface area contributed by atoms with Gasteiger partial charge in [-0.2, -0.15) is 0 Å². The Morgan fingerprint density at radius 1 is 1.25 bits per heavy atom. The smallest absolute Gasteiger partial charge is 0.304 e. The zero-order valence-electron chi connectivity index (χ0n) is 12.7. The van der Waals surface area contributed by atoms with Gasteiger partial charge in [0.15, 0.2) is 0 Å². The Kier molecular flexibility index (Phi) is 3.63. The molecular weight excluding hydrogens is 270 g/mol. The van der Waals surface area contributed by atoms with Crippen LogP contribution in [0.2, 0.25) is 0 Å². The molecule has 2 rings (SSSR count). The molecule has 0 spiro atoms. The summed E-state index contributed by atoms with van der Waals surface area (Å²) in [6.07, 6.45) is 0.120. The second-order valence-corrected chi connectivity index (χ2v) is 7.94. The fraction of sp³-hybridized carbons (Fsp3) is 0.500. The van der Waals surface area contributed by atoms with Crippen molar-refractivity contribution in [2.75, 3.05) is 0 Å². The summed E-state index contributed by atoms with van der Waals surface area (Å²) in [5.74, 6) is -0.774. The molecule has 20 heavy (non-hydrogen) atoms. The predicted molar refractivity (Wildman–Crippen MR) is 83.6 cm³/mol. The minimum absolute atomic E-state index is 0.0421. The highest BCUT2D eigenvalue weighted by molar-refractivity contribution is 7.18. The van der Waals surface area contributed by atoms with Gasteiger partial charge in [-0.1, -0.05) is 40.7 Å². The lowest BCUT2D eigenvalue weighted by molar-refractivity contribution is -0.138. The van der Waals surface area contributed by atoms with Crippen molar-refractivity contribution in [2.45, 2.75) is 51.9 Å². The maximum atomic E-state index is 11.0. The molecule has 0 aliphatic carbocycles. The molecule has 4 heteroatoms. The number of aliphatic carboxylic acids is 1. The summed E-state index contributed by atoms with van der Waals surface area (Å²) >= 11 is 1.71. The summed E-state index contributed by atoms with van der Waals surface area (Å²) in [6, 6.07) is 6.11. The minimum atomic E-state index is -0.774. The highest BCUT2D eigenvalue weighted by atomic mass is 32.1. The van der Waals surface area contributed by atoms with Gasteiger partial charge in [-0.25, -0.2) is 4.98 Å². The van der Waals surface area contributed by atoms with E-state index in [-0.39, 0.29) is 17.3 Å². The largest absolute Gasteiger partial charge is 0.481 e. The molecule has 0 saturated heterocycles. The van der Waals surface area contributed by atoms with Crippen LogP contribution in [0, 0.1) is 0 Å². The second kappa shape index (κ2) is 4.85. The Labute approximate surface area is 123 Å². The average Bonchev–Trinajstić information content (AvgIpc) is 2.69. The van der Waals surface area contributed by atoms with E-state index in [0.717, 1.165) is 20.8 Å². The lowest BCUT2D eigenvalue weighted by Gasteiger charge is -2.22. The number of fused-ring (bicyclic) bond motifs is 1. The van der Waals surface area contributed by atoms with Gasteiger partial charge in [0.25, 0.3) is 0 Å². The molecule has 0 aliphatic rings. The highest BCUT2D eigenvalue weighted by Gasteiger charge is 2.25. The SMILES string of the molecule is CC(C)(C)c1nc2cc(C(C)(C)CC(=O)O)ccc2s1. The van der Waals surface area contributed by atoms with Crippen LogP contribution in [0.15, 0.2) is 18.2 Å². The lowest BCUT2D eigenvalue weighted by Crippen LogP contribution is -2.21. The Morgan fingerprint density at radius 2 is 1.90 bits per heavy atom. The zero-order chi connectivity index (χ0) is 15.1. The number of aromatic nitrogens is 1. The number of carboxylic acids is 1. The summed E-state index contributed by atoms with van der Waals surface area (Å²) in [4.78, 5) is 15.7. The third-order valence-electron chi connectivity index (χ3n) is 3.40. The van der Waals surface area contributed by atoms with Crippen molar-refractivity contribution in [1.82, 2.24) is 4.98 Å². The van der Waals surface area contributed by atoms with Crippen LogP contribution < -0.4 is 0 Å². The van der Waals surface area contributed by atoms with E-state index in [0.29, 0.717) is 0 Å². The molecule has 1 aromatic carbocycles. The molecule has 1 heterocycles. The van der Waals surface area contributed by atoms with E-state index < -0.39 is 5.97 Å². The van der Waals surface area contributed by atoms with E-state index in [1.807, 2.05) is 26.0 Å². The van der Waals surface area contributed by atoms with Crippen LogP contribution in [0.3, 0.4) is 0 Å². The fourth-order valence-electron chi connectivity index (χ4n) is 2.15. The second-order valence-electron chi connectivity index (χ2n) is 6.91. The Hall–Kier alpha value is -1.42. The first kappa shape index (κ1) is 15.0. The van der Waals surface area contributed by atoms with Crippen LogP contribution in [0.25, 0.3) is 10.2 Å². The third-order valence-corrected chi connectivity index (χ3v) is 4.87. The molecular formula is C16H21NO2S. The summed E-state index contributed by atoms with van der Waals surface area (Å²) in [7, 11) is 0. The molecule has 0 atom stereocenters. The third kappa shape index (κ3) is 3.01. The Balaban J connectivity index is 2.46. The number of rotatable bonds is 3. The van der Waals surface area contributed by atoms with Crippen molar-refractivity contribution in [1.29, 1.82) is 0 Å². The summed E-state index contributed by atoms with van der Waals surface area (Å²) in [5, 5.41) is 10.1. The van der Waals surface area contributed by atoms with E-state index >= 15 is 0 Å². The molecule has 0 aliphatic heterocycles. The Morgan fingerprint density at radius 3 is 2.45 bits per heavy atom. The van der Waals surface area contributed by atoms with Crippen LogP contribution in [0.1, 0.15) is 51.6 Å². The molecule has 0 radical (unpaired) electrons. The molecule has 0 fully saturated rings. The van der Waals surface area contributed by atoms with Crippen LogP contribution in [-0.4, -0.2) is 16.1 Å². The molecule has 108 valence electrons. The summed E-state index contributed by atoms with van der Waals surface area (Å²) in [5.41, 5.74) is 1.65. The number of nitrogens with zero attached hydrogens (tertiary/aromatic N) is 1. The first-order valence-electron chi connectivity index (χ1n) is 6.73. The first-order chi connectivity index (χ1) is 9.09. The number of hydrogen-bond acceptors (Lipinski definition) is 3. The van der Waals surface area contributed by atoms with Gasteiger partial charge in [-0.3, -0.25) is 4.79 Å². The van der Waals surface area contributed by atoms with Crippen molar-refractivity contribution in [3.05, 3.63) is 28.8 Å². The maximum Gasteiger partial charge on any atom is 0.304 e. The predicted octanol–water partition coefficient (Wildman–Crippen LogP) is 4.35. The number of thiazole rings is 1. The number of benzene rings is 1. The van der Waals surface area contributed by atoms with Gasteiger partial charge in [-0.15, -0.1) is 11.3 Å². The van der Waals surface area contributed by atoms with Crippen LogP contribution >= 0.6 is 11.3 Å². The van der Waals surface area contributed by atoms with Crippen molar-refractivity contribution in [3.8, 4) is 0 Å². The molecule has 3 nitrogen and oxygen atoms in total. The maximum absolute atomic E-state index is 11.0. The topological polar surface area (TPSA) is 50.2 Å². The van der Waals surface area contributed by atoms with Crippen molar-refractivity contribution >= 4 is 27.5 Å². The van der Waals surface area contributed by atoms with E-state index in [1.165, 1.54) is 0 Å². The normalized spacial score (nSPS) is 12.8. The quantitative estimate of drug-likeness (QED) is 0.914. The molecule has 0 unspecified atom stereocenters. The van der Waals surface area contributed by atoms with Crippen molar-refractivity contribution < 1.29 is 9.90 Å². The van der Waals surface area contributed by atoms with E-state index in [4.69, 9.17) is 10.1 Å². The van der Waals surface area contributed by atoms with Crippen molar-refractivity contribution in [2.24, 2.45) is 0 Å². The molecule has 1 aromatic heterocycles. The van der Waals surface area contributed by atoms with Gasteiger partial charge in [0.05, 0.1) is 21.6 Å². The van der Waals surface area contributed by atoms with Crippen LogP contribution in [-0.2, 0) is 15.6 Å². The summed E-state index contributed by atoms with van der Waals surface area (Å²) in [6.45, 7) is 10.4. The summed E-state index contributed by atoms with van der Waals surface area (Å²) < 4.78 is 1.16. The van der Waals surface area contributed by atoms with E-state index in [9.17, 15) is 4.79 Å². The van der Waals surface area contributed by atoms with Crippen LogP contribution in [0.5, 0.6) is 0 Å². The zero-order valence-corrected chi connectivity index (χ0v) is 13.5. The van der Waals surface area contributed by atoms with Gasteiger partial charge < -0.3 is 5.11 Å². The number of carbonyl (C=O) groups is 1. The van der Waals surface area contributed by atoms with Gasteiger partial charge in [0.1, 0.15) is 0 Å². The van der Waals surface area contributed by atoms with Crippen LogP contribution in [0.4, 0.5) is 0 Å². The van der Waals surface area contributed by atoms with Gasteiger partial charge >= 0.3 is 5.97 Å². The number of hydrogen-bond donors (Lipinski definition) is 1. The lowest BCUT2D eigenvalue weighted by atomic mass is 9.81. The van der Waals surface area contributed by atoms with Gasteiger partial charge in [0, 0.05) is 10.8 Å². The average molecular weight is 291 g/mol. The van der Waals surface area contributed by atoms with Gasteiger partial charge in [-0.05, 0) is 17.7 Å². The molecule has 1 N–H and O–H groups in total. The Bertz CT molecular complexity index is 650. The van der Waals surface area contributed by atoms with Gasteiger partial charge in [0.2, 0.25) is 0 Å². The standard InChI is InChI=1S/C16H21NO2S/c1-15(2,3)14-17-11-8-10(6-7-12(11)20-14)16(4,5)9-13(18)19/h6-8H,9H2,1-5H3,(H,18,19). The monoisotopic (exact) mass is 291 g/mol. The molecule has 2 aromatic rings. The molecule has 0 amide bonds. The van der Waals surface area contributed by atoms with E-state index in [2.05, 4.69) is 26.8 Å². The first-order valence-corrected chi connectivity index (χ1v) is 7.54. The number of carboxylic acid groups (broad SMARTS) is 1. The molecule has 0 bridgehead atoms. The minimum Gasteiger partial charge on any atom is -0.481 e. The highest BCUT2D eigenvalue weighted by Crippen LogP contribution is 2.34. The molecule has 0 saturated carbocycles. The van der Waals surface area contributed by atoms with E-state index in [1.54, 1.807) is 11.3 Å². The fourth-order valence-corrected chi connectivity index (χ4v) is 3.15.